The molecule has 2 aromatic carbocycles. The number of ether oxygens (including phenoxy) is 1. The van der Waals surface area contributed by atoms with Gasteiger partial charge in [0.2, 0.25) is 0 Å². The van der Waals surface area contributed by atoms with Crippen molar-refractivity contribution in [3.05, 3.63) is 71.3 Å². The van der Waals surface area contributed by atoms with Gasteiger partial charge in [-0.2, -0.15) is 0 Å². The second-order valence-corrected chi connectivity index (χ2v) is 6.20. The van der Waals surface area contributed by atoms with Gasteiger partial charge in [-0.1, -0.05) is 36.4 Å². The molecule has 130 valence electrons. The van der Waals surface area contributed by atoms with Crippen molar-refractivity contribution in [2.45, 2.75) is 18.9 Å². The molecule has 1 saturated heterocycles. The molecule has 5 heteroatoms. The summed E-state index contributed by atoms with van der Waals surface area (Å²) in [6, 6.07) is 16.1. The minimum absolute atomic E-state index is 0.0272. The zero-order valence-corrected chi connectivity index (χ0v) is 13.9. The van der Waals surface area contributed by atoms with Crippen molar-refractivity contribution in [1.82, 2.24) is 5.32 Å². The maximum atomic E-state index is 12.4. The molecule has 1 heterocycles. The summed E-state index contributed by atoms with van der Waals surface area (Å²) in [4.78, 5) is 23.4. The van der Waals surface area contributed by atoms with E-state index in [9.17, 15) is 9.59 Å². The second-order valence-electron chi connectivity index (χ2n) is 6.20. The lowest BCUT2D eigenvalue weighted by atomic mass is 9.89. The van der Waals surface area contributed by atoms with E-state index < -0.39 is 5.97 Å². The van der Waals surface area contributed by atoms with E-state index in [1.807, 2.05) is 30.3 Å². The van der Waals surface area contributed by atoms with Gasteiger partial charge in [0.05, 0.1) is 11.7 Å². The van der Waals surface area contributed by atoms with Gasteiger partial charge in [-0.3, -0.25) is 4.79 Å². The van der Waals surface area contributed by atoms with Gasteiger partial charge in [0, 0.05) is 24.6 Å². The van der Waals surface area contributed by atoms with Crippen molar-refractivity contribution >= 4 is 11.9 Å². The standard InChI is InChI=1S/C20H21NO4/c22-19(15-8-4-9-16(12-15)20(23)24)21-13-17-10-5-11-25-18(17)14-6-2-1-3-7-14/h1-4,6-9,12,17-18H,5,10-11,13H2,(H,21,22)(H,23,24). The third kappa shape index (κ3) is 4.25. The number of hydrogen-bond acceptors (Lipinski definition) is 3. The molecule has 25 heavy (non-hydrogen) atoms. The van der Waals surface area contributed by atoms with Crippen molar-refractivity contribution in [2.75, 3.05) is 13.2 Å². The van der Waals surface area contributed by atoms with Gasteiger partial charge in [0.25, 0.3) is 5.91 Å². The van der Waals surface area contributed by atoms with Crippen LogP contribution in [0.4, 0.5) is 0 Å². The molecule has 2 N–H and O–H groups in total. The first-order valence-electron chi connectivity index (χ1n) is 8.43. The molecule has 1 fully saturated rings. The minimum Gasteiger partial charge on any atom is -0.478 e. The Hall–Kier alpha value is -2.66. The molecular weight excluding hydrogens is 318 g/mol. The van der Waals surface area contributed by atoms with Crippen LogP contribution in [0.25, 0.3) is 0 Å². The Bertz CT molecular complexity index is 744. The highest BCUT2D eigenvalue weighted by Gasteiger charge is 2.27. The van der Waals surface area contributed by atoms with Crippen molar-refractivity contribution in [3.63, 3.8) is 0 Å². The Balaban J connectivity index is 1.66. The number of carboxylic acids is 1. The quantitative estimate of drug-likeness (QED) is 0.876. The van der Waals surface area contributed by atoms with E-state index in [4.69, 9.17) is 9.84 Å². The SMILES string of the molecule is O=C(O)c1cccc(C(=O)NCC2CCCOC2c2ccccc2)c1. The summed E-state index contributed by atoms with van der Waals surface area (Å²) < 4.78 is 5.94. The Morgan fingerprint density at radius 2 is 1.84 bits per heavy atom. The summed E-state index contributed by atoms with van der Waals surface area (Å²) in [5.41, 5.74) is 1.58. The first kappa shape index (κ1) is 17.2. The summed E-state index contributed by atoms with van der Waals surface area (Å²) in [6.07, 6.45) is 1.92. The van der Waals surface area contributed by atoms with Crippen LogP contribution in [-0.4, -0.2) is 30.1 Å². The monoisotopic (exact) mass is 339 g/mol. The molecule has 3 rings (SSSR count). The van der Waals surface area contributed by atoms with Gasteiger partial charge >= 0.3 is 5.97 Å². The molecule has 1 amide bonds. The van der Waals surface area contributed by atoms with Crippen LogP contribution in [0.15, 0.2) is 54.6 Å². The van der Waals surface area contributed by atoms with E-state index in [1.165, 1.54) is 12.1 Å². The Morgan fingerprint density at radius 1 is 1.08 bits per heavy atom. The fourth-order valence-corrected chi connectivity index (χ4v) is 3.18. The summed E-state index contributed by atoms with van der Waals surface area (Å²) in [6.45, 7) is 1.22. The number of amides is 1. The van der Waals surface area contributed by atoms with E-state index in [2.05, 4.69) is 5.32 Å². The third-order valence-electron chi connectivity index (χ3n) is 4.47. The molecule has 0 radical (unpaired) electrons. The largest absolute Gasteiger partial charge is 0.478 e. The highest BCUT2D eigenvalue weighted by molar-refractivity contribution is 5.97. The van der Waals surface area contributed by atoms with Crippen LogP contribution in [-0.2, 0) is 4.74 Å². The van der Waals surface area contributed by atoms with Gasteiger partial charge < -0.3 is 15.2 Å². The highest BCUT2D eigenvalue weighted by atomic mass is 16.5. The first-order valence-corrected chi connectivity index (χ1v) is 8.43. The summed E-state index contributed by atoms with van der Waals surface area (Å²) in [5.74, 6) is -1.11. The number of rotatable bonds is 5. The summed E-state index contributed by atoms with van der Waals surface area (Å²) >= 11 is 0. The van der Waals surface area contributed by atoms with Crippen LogP contribution in [0.2, 0.25) is 0 Å². The smallest absolute Gasteiger partial charge is 0.335 e. The molecule has 0 spiro atoms. The molecule has 1 aliphatic heterocycles. The van der Waals surface area contributed by atoms with Crippen molar-refractivity contribution in [2.24, 2.45) is 5.92 Å². The third-order valence-corrected chi connectivity index (χ3v) is 4.47. The first-order chi connectivity index (χ1) is 12.1. The van der Waals surface area contributed by atoms with Crippen LogP contribution in [0, 0.1) is 5.92 Å². The number of nitrogens with one attached hydrogen (secondary N) is 1. The zero-order valence-electron chi connectivity index (χ0n) is 13.9. The van der Waals surface area contributed by atoms with Crippen LogP contribution >= 0.6 is 0 Å². The lowest BCUT2D eigenvalue weighted by molar-refractivity contribution is -0.0272. The van der Waals surface area contributed by atoms with Gasteiger partial charge in [0.15, 0.2) is 0 Å². The van der Waals surface area contributed by atoms with Crippen LogP contribution in [0.1, 0.15) is 45.2 Å². The van der Waals surface area contributed by atoms with Gasteiger partial charge in [-0.15, -0.1) is 0 Å². The number of hydrogen-bond donors (Lipinski definition) is 2. The van der Waals surface area contributed by atoms with E-state index in [1.54, 1.807) is 12.1 Å². The topological polar surface area (TPSA) is 75.6 Å². The molecule has 2 unspecified atom stereocenters. The van der Waals surface area contributed by atoms with E-state index >= 15 is 0 Å². The Labute approximate surface area is 146 Å². The number of carbonyl (C=O) groups is 2. The lowest BCUT2D eigenvalue weighted by Crippen LogP contribution is -2.35. The molecule has 0 saturated carbocycles. The van der Waals surface area contributed by atoms with E-state index in [0.717, 1.165) is 25.0 Å². The van der Waals surface area contributed by atoms with Crippen LogP contribution in [0.5, 0.6) is 0 Å². The van der Waals surface area contributed by atoms with Gasteiger partial charge in [-0.05, 0) is 36.6 Å². The normalized spacial score (nSPS) is 20.0. The molecule has 0 aliphatic carbocycles. The number of carbonyl (C=O) groups excluding carboxylic acids is 1. The average molecular weight is 339 g/mol. The summed E-state index contributed by atoms with van der Waals surface area (Å²) in [5, 5.41) is 12.0. The molecule has 0 bridgehead atoms. The zero-order chi connectivity index (χ0) is 17.6. The Morgan fingerprint density at radius 3 is 2.60 bits per heavy atom. The predicted octanol–water partition coefficient (Wildman–Crippen LogP) is 3.28. The highest BCUT2D eigenvalue weighted by Crippen LogP contribution is 2.33. The maximum absolute atomic E-state index is 12.4. The van der Waals surface area contributed by atoms with Gasteiger partial charge in [0.1, 0.15) is 0 Å². The van der Waals surface area contributed by atoms with Gasteiger partial charge in [-0.25, -0.2) is 4.79 Å². The number of aromatic carboxylic acids is 1. The molecule has 2 atom stereocenters. The van der Waals surface area contributed by atoms with Crippen molar-refractivity contribution < 1.29 is 19.4 Å². The fraction of sp³-hybridized carbons (Fsp3) is 0.300. The molecule has 0 aromatic heterocycles. The number of benzene rings is 2. The molecule has 1 aliphatic rings. The Kier molecular flexibility index (Phi) is 5.46. The second kappa shape index (κ2) is 7.94. The molecule has 5 nitrogen and oxygen atoms in total. The molecular formula is C20H21NO4. The van der Waals surface area contributed by atoms with E-state index in [0.29, 0.717) is 12.1 Å². The predicted molar refractivity (Wildman–Crippen MR) is 93.6 cm³/mol. The van der Waals surface area contributed by atoms with E-state index in [-0.39, 0.29) is 23.5 Å². The number of carboxylic acid groups (broad SMARTS) is 1. The van der Waals surface area contributed by atoms with Crippen molar-refractivity contribution in [3.8, 4) is 0 Å². The minimum atomic E-state index is -1.04. The maximum Gasteiger partial charge on any atom is 0.335 e. The fourth-order valence-electron chi connectivity index (χ4n) is 3.18. The lowest BCUT2D eigenvalue weighted by Gasteiger charge is -2.32. The average Bonchev–Trinajstić information content (AvgIpc) is 2.67. The van der Waals surface area contributed by atoms with Crippen molar-refractivity contribution in [1.29, 1.82) is 0 Å². The van der Waals surface area contributed by atoms with Crippen LogP contribution in [0.3, 0.4) is 0 Å². The molecule has 2 aromatic rings. The summed E-state index contributed by atoms with van der Waals surface area (Å²) in [7, 11) is 0. The van der Waals surface area contributed by atoms with Crippen LogP contribution < -0.4 is 5.32 Å².